The van der Waals surface area contributed by atoms with Gasteiger partial charge in [0.1, 0.15) is 17.5 Å². The number of hydrogen-bond donors (Lipinski definition) is 0. The van der Waals surface area contributed by atoms with Gasteiger partial charge in [0.2, 0.25) is 0 Å². The van der Waals surface area contributed by atoms with Gasteiger partial charge >= 0.3 is 0 Å². The first-order chi connectivity index (χ1) is 9.11. The standard InChI is InChI=1S/C14H11Cl2NO2/c1-9(17-18)11-7-6-10(8-13(11)16)19-14-5-3-2-4-12(14)15/h2-9H,1H3. The van der Waals surface area contributed by atoms with Crippen LogP contribution in [0.2, 0.25) is 10.0 Å². The maximum absolute atomic E-state index is 10.5. The maximum Gasteiger partial charge on any atom is 0.146 e. The van der Waals surface area contributed by atoms with E-state index in [-0.39, 0.29) is 0 Å². The van der Waals surface area contributed by atoms with Crippen molar-refractivity contribution < 1.29 is 4.74 Å². The highest BCUT2D eigenvalue weighted by Gasteiger charge is 2.11. The Morgan fingerprint density at radius 2 is 1.84 bits per heavy atom. The van der Waals surface area contributed by atoms with Crippen molar-refractivity contribution in [3.8, 4) is 11.5 Å². The summed E-state index contributed by atoms with van der Waals surface area (Å²) in [4.78, 5) is 10.5. The first-order valence-corrected chi connectivity index (χ1v) is 6.41. The van der Waals surface area contributed by atoms with Gasteiger partial charge in [-0.2, -0.15) is 4.91 Å². The number of para-hydroxylation sites is 1. The van der Waals surface area contributed by atoms with Crippen LogP contribution in [0.1, 0.15) is 18.5 Å². The lowest BCUT2D eigenvalue weighted by Crippen LogP contribution is -1.91. The molecule has 0 N–H and O–H groups in total. The molecule has 19 heavy (non-hydrogen) atoms. The van der Waals surface area contributed by atoms with Gasteiger partial charge in [-0.1, -0.05) is 46.6 Å². The molecule has 0 aliphatic carbocycles. The molecule has 0 saturated carbocycles. The summed E-state index contributed by atoms with van der Waals surface area (Å²) in [5, 5.41) is 3.91. The molecule has 0 amide bonds. The number of rotatable bonds is 4. The minimum Gasteiger partial charge on any atom is -0.456 e. The van der Waals surface area contributed by atoms with Crippen LogP contribution in [0.25, 0.3) is 0 Å². The molecular weight excluding hydrogens is 285 g/mol. The SMILES string of the molecule is CC(N=O)c1ccc(Oc2ccccc2Cl)cc1Cl. The van der Waals surface area contributed by atoms with E-state index in [0.717, 1.165) is 0 Å². The molecule has 0 aromatic heterocycles. The summed E-state index contributed by atoms with van der Waals surface area (Å²) in [6, 6.07) is 11.8. The van der Waals surface area contributed by atoms with Crippen LogP contribution in [0.5, 0.6) is 11.5 Å². The second-order valence-electron chi connectivity index (χ2n) is 4.00. The fourth-order valence-corrected chi connectivity index (χ4v) is 2.12. The molecule has 1 atom stereocenters. The van der Waals surface area contributed by atoms with Crippen molar-refractivity contribution in [3.63, 3.8) is 0 Å². The number of ether oxygens (including phenoxy) is 1. The van der Waals surface area contributed by atoms with Gasteiger partial charge in [0.15, 0.2) is 0 Å². The van der Waals surface area contributed by atoms with Gasteiger partial charge in [-0.15, -0.1) is 0 Å². The molecule has 98 valence electrons. The zero-order valence-electron chi connectivity index (χ0n) is 10.1. The van der Waals surface area contributed by atoms with Gasteiger partial charge in [-0.05, 0) is 36.8 Å². The van der Waals surface area contributed by atoms with Crippen molar-refractivity contribution in [1.82, 2.24) is 0 Å². The Morgan fingerprint density at radius 3 is 2.47 bits per heavy atom. The maximum atomic E-state index is 10.5. The van der Waals surface area contributed by atoms with Gasteiger partial charge in [-0.25, -0.2) is 0 Å². The van der Waals surface area contributed by atoms with E-state index in [0.29, 0.717) is 27.1 Å². The number of hydrogen-bond acceptors (Lipinski definition) is 3. The molecule has 2 aromatic carbocycles. The summed E-state index contributed by atoms with van der Waals surface area (Å²) in [5.74, 6) is 1.11. The number of benzene rings is 2. The van der Waals surface area contributed by atoms with E-state index < -0.39 is 6.04 Å². The molecule has 0 aliphatic rings. The second kappa shape index (κ2) is 6.04. The van der Waals surface area contributed by atoms with Gasteiger partial charge in [0.05, 0.1) is 5.02 Å². The average Bonchev–Trinajstić information content (AvgIpc) is 2.41. The minimum absolute atomic E-state index is 0.441. The van der Waals surface area contributed by atoms with Gasteiger partial charge < -0.3 is 4.74 Å². The fourth-order valence-electron chi connectivity index (χ4n) is 1.62. The smallest absolute Gasteiger partial charge is 0.146 e. The molecule has 0 spiro atoms. The van der Waals surface area contributed by atoms with Crippen molar-refractivity contribution in [2.24, 2.45) is 5.18 Å². The topological polar surface area (TPSA) is 38.7 Å². The predicted molar refractivity (Wildman–Crippen MR) is 77.2 cm³/mol. The van der Waals surface area contributed by atoms with Gasteiger partial charge in [-0.3, -0.25) is 0 Å². The van der Waals surface area contributed by atoms with Crippen molar-refractivity contribution in [1.29, 1.82) is 0 Å². The molecule has 2 aromatic rings. The molecular formula is C14H11Cl2NO2. The van der Waals surface area contributed by atoms with Crippen LogP contribution in [0.4, 0.5) is 0 Å². The van der Waals surface area contributed by atoms with E-state index in [1.54, 1.807) is 37.3 Å². The third-order valence-electron chi connectivity index (χ3n) is 2.64. The normalized spacial score (nSPS) is 11.9. The summed E-state index contributed by atoms with van der Waals surface area (Å²) in [6.07, 6.45) is 0. The molecule has 0 heterocycles. The molecule has 0 saturated heterocycles. The molecule has 5 heteroatoms. The largest absolute Gasteiger partial charge is 0.456 e. The van der Waals surface area contributed by atoms with Crippen molar-refractivity contribution in [3.05, 3.63) is 63.0 Å². The third kappa shape index (κ3) is 3.25. The zero-order valence-corrected chi connectivity index (χ0v) is 11.7. The Labute approximate surface area is 121 Å². The summed E-state index contributed by atoms with van der Waals surface area (Å²) in [7, 11) is 0. The molecule has 2 rings (SSSR count). The van der Waals surface area contributed by atoms with Crippen molar-refractivity contribution in [2.75, 3.05) is 0 Å². The fraction of sp³-hybridized carbons (Fsp3) is 0.143. The highest BCUT2D eigenvalue weighted by Crippen LogP contribution is 2.33. The number of halogens is 2. The average molecular weight is 296 g/mol. The molecule has 0 fully saturated rings. The van der Waals surface area contributed by atoms with Crippen LogP contribution in [-0.2, 0) is 0 Å². The minimum atomic E-state index is -0.484. The van der Waals surface area contributed by atoms with Crippen LogP contribution in [0.15, 0.2) is 47.6 Å². The lowest BCUT2D eigenvalue weighted by Gasteiger charge is -2.10. The second-order valence-corrected chi connectivity index (χ2v) is 4.81. The molecule has 1 unspecified atom stereocenters. The summed E-state index contributed by atoms with van der Waals surface area (Å²) < 4.78 is 5.63. The predicted octanol–water partition coefficient (Wildman–Crippen LogP) is 5.61. The molecule has 0 aliphatic heterocycles. The van der Waals surface area contributed by atoms with Crippen LogP contribution in [0.3, 0.4) is 0 Å². The van der Waals surface area contributed by atoms with Crippen LogP contribution >= 0.6 is 23.2 Å². The number of nitrogens with zero attached hydrogens (tertiary/aromatic N) is 1. The molecule has 0 radical (unpaired) electrons. The first kappa shape index (κ1) is 13.8. The van der Waals surface area contributed by atoms with E-state index in [1.807, 2.05) is 12.1 Å². The highest BCUT2D eigenvalue weighted by molar-refractivity contribution is 6.32. The summed E-state index contributed by atoms with van der Waals surface area (Å²) in [5.41, 5.74) is 0.670. The third-order valence-corrected chi connectivity index (χ3v) is 3.28. The van der Waals surface area contributed by atoms with Gasteiger partial charge in [0, 0.05) is 5.02 Å². The lowest BCUT2D eigenvalue weighted by atomic mass is 10.1. The van der Waals surface area contributed by atoms with Crippen LogP contribution in [0, 0.1) is 4.91 Å². The highest BCUT2D eigenvalue weighted by atomic mass is 35.5. The Kier molecular flexibility index (Phi) is 4.40. The quantitative estimate of drug-likeness (QED) is 0.687. The molecule has 0 bridgehead atoms. The summed E-state index contributed by atoms with van der Waals surface area (Å²) >= 11 is 12.1. The van der Waals surface area contributed by atoms with Crippen molar-refractivity contribution >= 4 is 23.2 Å². The van der Waals surface area contributed by atoms with E-state index in [2.05, 4.69) is 5.18 Å². The Bertz CT molecular complexity index is 602. The molecule has 3 nitrogen and oxygen atoms in total. The van der Waals surface area contributed by atoms with Crippen molar-refractivity contribution in [2.45, 2.75) is 13.0 Å². The van der Waals surface area contributed by atoms with Crippen LogP contribution in [-0.4, -0.2) is 0 Å². The Morgan fingerprint density at radius 1 is 1.11 bits per heavy atom. The number of nitroso groups, excluding NO2 is 1. The monoisotopic (exact) mass is 295 g/mol. The first-order valence-electron chi connectivity index (χ1n) is 5.66. The van der Waals surface area contributed by atoms with E-state index in [9.17, 15) is 4.91 Å². The van der Waals surface area contributed by atoms with E-state index >= 15 is 0 Å². The van der Waals surface area contributed by atoms with E-state index in [1.165, 1.54) is 0 Å². The van der Waals surface area contributed by atoms with Crippen LogP contribution < -0.4 is 4.74 Å². The van der Waals surface area contributed by atoms with E-state index in [4.69, 9.17) is 27.9 Å². The zero-order chi connectivity index (χ0) is 13.8. The Balaban J connectivity index is 2.26. The van der Waals surface area contributed by atoms with Gasteiger partial charge in [0.25, 0.3) is 0 Å². The lowest BCUT2D eigenvalue weighted by molar-refractivity contribution is 0.482. The Hall–Kier alpha value is -1.58. The summed E-state index contributed by atoms with van der Waals surface area (Å²) in [6.45, 7) is 1.68.